The van der Waals surface area contributed by atoms with Crippen LogP contribution in [-0.4, -0.2) is 6.54 Å². The lowest BCUT2D eigenvalue weighted by Crippen LogP contribution is -2.23. The Morgan fingerprint density at radius 3 is 2.19 bits per heavy atom. The molecule has 1 aromatic carbocycles. The molecule has 1 rings (SSSR count). The second-order valence-electron chi connectivity index (χ2n) is 5.90. The van der Waals surface area contributed by atoms with E-state index in [-0.39, 0.29) is 0 Å². The number of nitrogens with one attached hydrogen (secondary N) is 1. The van der Waals surface area contributed by atoms with E-state index in [2.05, 4.69) is 64.2 Å². The van der Waals surface area contributed by atoms with Crippen LogP contribution in [-0.2, 0) is 0 Å². The van der Waals surface area contributed by atoms with Gasteiger partial charge in [0.15, 0.2) is 0 Å². The first-order valence-electron chi connectivity index (χ1n) is 6.18. The van der Waals surface area contributed by atoms with Crippen LogP contribution in [0.15, 0.2) is 24.3 Å². The first-order valence-corrected chi connectivity index (χ1v) is 6.18. The lowest BCUT2D eigenvalue weighted by Gasteiger charge is -2.21. The van der Waals surface area contributed by atoms with Crippen molar-refractivity contribution in [2.45, 2.75) is 47.1 Å². The predicted molar refractivity (Wildman–Crippen MR) is 71.7 cm³/mol. The molecule has 90 valence electrons. The maximum absolute atomic E-state index is 3.57. The van der Waals surface area contributed by atoms with E-state index in [0.717, 1.165) is 6.54 Å². The predicted octanol–water partition coefficient (Wildman–Crippen LogP) is 4.08. The summed E-state index contributed by atoms with van der Waals surface area (Å²) in [5.41, 5.74) is 3.12. The highest BCUT2D eigenvalue weighted by atomic mass is 14.9. The van der Waals surface area contributed by atoms with Crippen LogP contribution < -0.4 is 5.32 Å². The molecule has 0 saturated carbocycles. The van der Waals surface area contributed by atoms with Crippen LogP contribution in [0.5, 0.6) is 0 Å². The Labute approximate surface area is 100 Å². The van der Waals surface area contributed by atoms with E-state index in [1.54, 1.807) is 0 Å². The second-order valence-corrected chi connectivity index (χ2v) is 5.90. The van der Waals surface area contributed by atoms with Crippen molar-refractivity contribution < 1.29 is 0 Å². The van der Waals surface area contributed by atoms with E-state index in [9.17, 15) is 0 Å². The van der Waals surface area contributed by atoms with Gasteiger partial charge in [-0.25, -0.2) is 0 Å². The third-order valence-corrected chi connectivity index (χ3v) is 2.90. The van der Waals surface area contributed by atoms with Crippen LogP contribution in [0.25, 0.3) is 0 Å². The molecule has 1 aromatic rings. The van der Waals surface area contributed by atoms with Gasteiger partial charge in [0.05, 0.1) is 0 Å². The molecule has 16 heavy (non-hydrogen) atoms. The molecule has 0 spiro atoms. The highest BCUT2D eigenvalue weighted by Crippen LogP contribution is 2.18. The lowest BCUT2D eigenvalue weighted by molar-refractivity contribution is 0.358. The maximum Gasteiger partial charge on any atom is 0.0291 e. The van der Waals surface area contributed by atoms with Crippen molar-refractivity contribution in [3.63, 3.8) is 0 Å². The van der Waals surface area contributed by atoms with Crippen LogP contribution in [0.2, 0.25) is 0 Å². The molecule has 0 aliphatic rings. The average Bonchev–Trinajstić information content (AvgIpc) is 2.16. The Hall–Kier alpha value is -0.820. The zero-order valence-corrected chi connectivity index (χ0v) is 11.3. The summed E-state index contributed by atoms with van der Waals surface area (Å²) in [6, 6.07) is 9.23. The standard InChI is InChI=1S/C15H25N/c1-12-6-8-14(9-7-12)13(2)16-11-10-15(3,4)5/h6-9,13,16H,10-11H2,1-5H3/t13-/m1/s1. The molecule has 0 unspecified atom stereocenters. The van der Waals surface area contributed by atoms with Crippen molar-refractivity contribution in [2.75, 3.05) is 6.54 Å². The molecular formula is C15H25N. The van der Waals surface area contributed by atoms with E-state index in [1.165, 1.54) is 17.5 Å². The normalized spacial score (nSPS) is 13.8. The smallest absolute Gasteiger partial charge is 0.0291 e. The molecule has 0 aliphatic heterocycles. The summed E-state index contributed by atoms with van der Waals surface area (Å²) in [7, 11) is 0. The number of aryl methyl sites for hydroxylation is 1. The van der Waals surface area contributed by atoms with E-state index in [4.69, 9.17) is 0 Å². The van der Waals surface area contributed by atoms with Crippen LogP contribution in [0, 0.1) is 12.3 Å². The van der Waals surface area contributed by atoms with Gasteiger partial charge in [0.2, 0.25) is 0 Å². The highest BCUT2D eigenvalue weighted by Gasteiger charge is 2.10. The summed E-state index contributed by atoms with van der Waals surface area (Å²) in [6.45, 7) is 12.3. The summed E-state index contributed by atoms with van der Waals surface area (Å²) in [5.74, 6) is 0. The fourth-order valence-corrected chi connectivity index (χ4v) is 1.64. The molecule has 1 nitrogen and oxygen atoms in total. The van der Waals surface area contributed by atoms with Crippen molar-refractivity contribution >= 4 is 0 Å². The third kappa shape index (κ3) is 4.80. The van der Waals surface area contributed by atoms with Crippen LogP contribution in [0.1, 0.15) is 51.3 Å². The van der Waals surface area contributed by atoms with Crippen LogP contribution in [0.4, 0.5) is 0 Å². The summed E-state index contributed by atoms with van der Waals surface area (Å²) in [5, 5.41) is 3.57. The zero-order chi connectivity index (χ0) is 12.2. The van der Waals surface area contributed by atoms with Crippen molar-refractivity contribution in [3.05, 3.63) is 35.4 Å². The Morgan fingerprint density at radius 1 is 1.12 bits per heavy atom. The van der Waals surface area contributed by atoms with Gasteiger partial charge >= 0.3 is 0 Å². The van der Waals surface area contributed by atoms with Gasteiger partial charge in [0.25, 0.3) is 0 Å². The van der Waals surface area contributed by atoms with Gasteiger partial charge in [-0.05, 0) is 37.8 Å². The zero-order valence-electron chi connectivity index (χ0n) is 11.3. The summed E-state index contributed by atoms with van der Waals surface area (Å²) in [4.78, 5) is 0. The fraction of sp³-hybridized carbons (Fsp3) is 0.600. The van der Waals surface area contributed by atoms with Gasteiger partial charge in [-0.1, -0.05) is 50.6 Å². The monoisotopic (exact) mass is 219 g/mol. The number of benzene rings is 1. The Kier molecular flexibility index (Phi) is 4.55. The van der Waals surface area contributed by atoms with Gasteiger partial charge in [-0.15, -0.1) is 0 Å². The number of rotatable bonds is 4. The minimum atomic E-state index is 0.417. The van der Waals surface area contributed by atoms with E-state index in [1.807, 2.05) is 0 Å². The van der Waals surface area contributed by atoms with Gasteiger partial charge in [0.1, 0.15) is 0 Å². The SMILES string of the molecule is Cc1ccc([C@@H](C)NCCC(C)(C)C)cc1. The van der Waals surface area contributed by atoms with Gasteiger partial charge in [0, 0.05) is 6.04 Å². The molecule has 0 bridgehead atoms. The molecule has 1 atom stereocenters. The van der Waals surface area contributed by atoms with Gasteiger partial charge in [-0.3, -0.25) is 0 Å². The van der Waals surface area contributed by atoms with Gasteiger partial charge in [-0.2, -0.15) is 0 Å². The van der Waals surface area contributed by atoms with Crippen molar-refractivity contribution in [1.29, 1.82) is 0 Å². The lowest BCUT2D eigenvalue weighted by atomic mass is 9.92. The van der Waals surface area contributed by atoms with Crippen molar-refractivity contribution in [1.82, 2.24) is 5.32 Å². The quantitative estimate of drug-likeness (QED) is 0.804. The van der Waals surface area contributed by atoms with Crippen LogP contribution in [0.3, 0.4) is 0 Å². The molecule has 0 aliphatic carbocycles. The second kappa shape index (κ2) is 5.49. The molecule has 0 aromatic heterocycles. The minimum Gasteiger partial charge on any atom is -0.310 e. The van der Waals surface area contributed by atoms with Crippen LogP contribution >= 0.6 is 0 Å². The topological polar surface area (TPSA) is 12.0 Å². The molecule has 1 N–H and O–H groups in total. The number of hydrogen-bond acceptors (Lipinski definition) is 1. The first-order chi connectivity index (χ1) is 7.38. The molecule has 1 heteroatoms. The highest BCUT2D eigenvalue weighted by molar-refractivity contribution is 5.23. The Morgan fingerprint density at radius 2 is 1.69 bits per heavy atom. The maximum atomic E-state index is 3.57. The largest absolute Gasteiger partial charge is 0.310 e. The number of hydrogen-bond donors (Lipinski definition) is 1. The van der Waals surface area contributed by atoms with Crippen molar-refractivity contribution in [2.24, 2.45) is 5.41 Å². The molecular weight excluding hydrogens is 194 g/mol. The molecule has 0 heterocycles. The fourth-order valence-electron chi connectivity index (χ4n) is 1.64. The molecule has 0 fully saturated rings. The molecule has 0 amide bonds. The first kappa shape index (κ1) is 13.2. The van der Waals surface area contributed by atoms with Crippen molar-refractivity contribution in [3.8, 4) is 0 Å². The summed E-state index contributed by atoms with van der Waals surface area (Å²) >= 11 is 0. The molecule has 0 saturated heterocycles. The Balaban J connectivity index is 2.41. The average molecular weight is 219 g/mol. The summed E-state index contributed by atoms with van der Waals surface area (Å²) < 4.78 is 0. The van der Waals surface area contributed by atoms with E-state index < -0.39 is 0 Å². The Bertz CT molecular complexity index is 305. The minimum absolute atomic E-state index is 0.417. The summed E-state index contributed by atoms with van der Waals surface area (Å²) in [6.07, 6.45) is 1.21. The van der Waals surface area contributed by atoms with Gasteiger partial charge < -0.3 is 5.32 Å². The van der Waals surface area contributed by atoms with E-state index in [0.29, 0.717) is 11.5 Å². The van der Waals surface area contributed by atoms with E-state index >= 15 is 0 Å². The third-order valence-electron chi connectivity index (χ3n) is 2.90. The molecule has 0 radical (unpaired) electrons.